The summed E-state index contributed by atoms with van der Waals surface area (Å²) in [5.41, 5.74) is 1.76. The maximum Gasteiger partial charge on any atom is 0.274 e. The SMILES string of the molecule is Cc1cncn1CCCN/C(=C/[N+](=O)[O-])Nc1ccc2c(c1)OCCO2. The first-order valence-electron chi connectivity index (χ1n) is 8.34. The molecule has 138 valence electrons. The van der Waals surface area contributed by atoms with Crippen LogP contribution in [-0.2, 0) is 6.54 Å². The fourth-order valence-electron chi connectivity index (χ4n) is 2.60. The number of benzene rings is 1. The Morgan fingerprint density at radius 2 is 2.19 bits per heavy atom. The van der Waals surface area contributed by atoms with E-state index in [-0.39, 0.29) is 0 Å². The van der Waals surface area contributed by atoms with Gasteiger partial charge in [-0.25, -0.2) is 4.98 Å². The predicted octanol–water partition coefficient (Wildman–Crippen LogP) is 2.13. The summed E-state index contributed by atoms with van der Waals surface area (Å²) < 4.78 is 13.0. The van der Waals surface area contributed by atoms with Crippen molar-refractivity contribution >= 4 is 5.69 Å². The minimum Gasteiger partial charge on any atom is -0.486 e. The molecule has 1 aromatic carbocycles. The Morgan fingerprint density at radius 1 is 1.38 bits per heavy atom. The summed E-state index contributed by atoms with van der Waals surface area (Å²) in [4.78, 5) is 14.5. The summed E-state index contributed by atoms with van der Waals surface area (Å²) in [6.45, 7) is 4.36. The van der Waals surface area contributed by atoms with Gasteiger partial charge in [0.2, 0.25) is 0 Å². The van der Waals surface area contributed by atoms with E-state index in [0.29, 0.717) is 42.8 Å². The van der Waals surface area contributed by atoms with Gasteiger partial charge in [0.1, 0.15) is 13.2 Å². The first kappa shape index (κ1) is 17.6. The molecule has 0 fully saturated rings. The van der Waals surface area contributed by atoms with Gasteiger partial charge in [-0.2, -0.15) is 0 Å². The Balaban J connectivity index is 1.58. The largest absolute Gasteiger partial charge is 0.486 e. The number of aryl methyl sites for hydroxylation is 2. The number of ether oxygens (including phenoxy) is 2. The van der Waals surface area contributed by atoms with E-state index in [2.05, 4.69) is 15.6 Å². The van der Waals surface area contributed by atoms with E-state index in [1.807, 2.05) is 11.5 Å². The summed E-state index contributed by atoms with van der Waals surface area (Å²) in [6, 6.07) is 5.33. The van der Waals surface area contributed by atoms with Crippen LogP contribution < -0.4 is 20.1 Å². The predicted molar refractivity (Wildman–Crippen MR) is 95.7 cm³/mol. The highest BCUT2D eigenvalue weighted by Gasteiger charge is 2.12. The lowest BCUT2D eigenvalue weighted by Crippen LogP contribution is -2.23. The fourth-order valence-corrected chi connectivity index (χ4v) is 2.60. The monoisotopic (exact) mass is 359 g/mol. The third-order valence-corrected chi connectivity index (χ3v) is 3.87. The van der Waals surface area contributed by atoms with E-state index < -0.39 is 4.92 Å². The Morgan fingerprint density at radius 3 is 2.92 bits per heavy atom. The van der Waals surface area contributed by atoms with Crippen molar-refractivity contribution in [2.75, 3.05) is 25.1 Å². The number of imidazole rings is 1. The zero-order chi connectivity index (χ0) is 18.4. The molecule has 26 heavy (non-hydrogen) atoms. The summed E-state index contributed by atoms with van der Waals surface area (Å²) >= 11 is 0. The van der Waals surface area contributed by atoms with E-state index in [4.69, 9.17) is 9.47 Å². The Labute approximate surface area is 150 Å². The average Bonchev–Trinajstić information content (AvgIpc) is 3.03. The molecular formula is C17H21N5O4. The van der Waals surface area contributed by atoms with E-state index in [1.54, 1.807) is 30.7 Å². The lowest BCUT2D eigenvalue weighted by Gasteiger charge is -2.19. The van der Waals surface area contributed by atoms with Gasteiger partial charge >= 0.3 is 0 Å². The van der Waals surface area contributed by atoms with Crippen molar-refractivity contribution in [1.82, 2.24) is 14.9 Å². The van der Waals surface area contributed by atoms with E-state index in [9.17, 15) is 10.1 Å². The van der Waals surface area contributed by atoms with Crippen LogP contribution in [0.1, 0.15) is 12.1 Å². The van der Waals surface area contributed by atoms with Crippen LogP contribution in [0, 0.1) is 17.0 Å². The van der Waals surface area contributed by atoms with E-state index in [1.165, 1.54) is 0 Å². The zero-order valence-corrected chi connectivity index (χ0v) is 14.5. The first-order chi connectivity index (χ1) is 12.6. The van der Waals surface area contributed by atoms with Gasteiger partial charge in [-0.1, -0.05) is 0 Å². The van der Waals surface area contributed by atoms with Crippen LogP contribution in [-0.4, -0.2) is 34.2 Å². The number of hydrogen-bond acceptors (Lipinski definition) is 7. The van der Waals surface area contributed by atoms with Crippen molar-refractivity contribution in [2.45, 2.75) is 19.9 Å². The number of nitrogens with zero attached hydrogens (tertiary/aromatic N) is 3. The van der Waals surface area contributed by atoms with Crippen molar-refractivity contribution in [3.63, 3.8) is 0 Å². The van der Waals surface area contributed by atoms with Crippen LogP contribution in [0.4, 0.5) is 5.69 Å². The van der Waals surface area contributed by atoms with Gasteiger partial charge in [0.15, 0.2) is 17.3 Å². The number of anilines is 1. The van der Waals surface area contributed by atoms with Crippen molar-refractivity contribution in [3.05, 3.63) is 58.6 Å². The smallest absolute Gasteiger partial charge is 0.274 e. The highest BCUT2D eigenvalue weighted by atomic mass is 16.6. The Bertz CT molecular complexity index is 802. The number of hydrogen-bond donors (Lipinski definition) is 2. The number of fused-ring (bicyclic) bond motifs is 1. The van der Waals surface area contributed by atoms with Gasteiger partial charge in [0, 0.05) is 36.7 Å². The lowest BCUT2D eigenvalue weighted by atomic mass is 10.2. The minimum atomic E-state index is -0.493. The number of nitrogens with one attached hydrogen (secondary N) is 2. The van der Waals surface area contributed by atoms with Gasteiger partial charge in [-0.15, -0.1) is 0 Å². The standard InChI is InChI=1S/C17H21N5O4/c1-13-10-18-12-21(13)6-2-5-19-17(11-22(23)24)20-14-3-4-15-16(9-14)26-8-7-25-15/h3-4,9-12,19-20H,2,5-8H2,1H3/b17-11-. The highest BCUT2D eigenvalue weighted by molar-refractivity contribution is 5.57. The quantitative estimate of drug-likeness (QED) is 0.423. The van der Waals surface area contributed by atoms with Gasteiger partial charge < -0.3 is 24.7 Å². The number of nitro groups is 1. The van der Waals surface area contributed by atoms with Gasteiger partial charge in [0.25, 0.3) is 6.20 Å². The summed E-state index contributed by atoms with van der Waals surface area (Å²) in [7, 11) is 0. The summed E-state index contributed by atoms with van der Waals surface area (Å²) in [6.07, 6.45) is 5.29. The number of aromatic nitrogens is 2. The van der Waals surface area contributed by atoms with Gasteiger partial charge in [-0.3, -0.25) is 10.1 Å². The maximum absolute atomic E-state index is 10.9. The molecule has 0 bridgehead atoms. The van der Waals surface area contributed by atoms with Crippen molar-refractivity contribution in [3.8, 4) is 11.5 Å². The molecule has 1 aliphatic heterocycles. The topological polar surface area (TPSA) is 103 Å². The first-order valence-corrected chi connectivity index (χ1v) is 8.34. The molecule has 2 N–H and O–H groups in total. The molecule has 9 nitrogen and oxygen atoms in total. The molecule has 0 spiro atoms. The Kier molecular flexibility index (Phi) is 5.57. The van der Waals surface area contributed by atoms with Crippen LogP contribution in [0.15, 0.2) is 42.7 Å². The third-order valence-electron chi connectivity index (χ3n) is 3.87. The second kappa shape index (κ2) is 8.24. The second-order valence-corrected chi connectivity index (χ2v) is 5.82. The van der Waals surface area contributed by atoms with Crippen molar-refractivity contribution in [1.29, 1.82) is 0 Å². The van der Waals surface area contributed by atoms with Crippen molar-refractivity contribution in [2.24, 2.45) is 0 Å². The molecular weight excluding hydrogens is 338 g/mol. The molecule has 0 unspecified atom stereocenters. The van der Waals surface area contributed by atoms with Crippen LogP contribution in [0.2, 0.25) is 0 Å². The summed E-state index contributed by atoms with van der Waals surface area (Å²) in [5, 5.41) is 17.0. The molecule has 1 aliphatic rings. The average molecular weight is 359 g/mol. The molecule has 3 rings (SSSR count). The molecule has 9 heteroatoms. The fraction of sp³-hybridized carbons (Fsp3) is 0.353. The summed E-state index contributed by atoms with van der Waals surface area (Å²) in [5.74, 6) is 1.61. The molecule has 0 radical (unpaired) electrons. The zero-order valence-electron chi connectivity index (χ0n) is 14.5. The molecule has 0 saturated carbocycles. The van der Waals surface area contributed by atoms with Crippen LogP contribution in [0.5, 0.6) is 11.5 Å². The van der Waals surface area contributed by atoms with Crippen LogP contribution in [0.25, 0.3) is 0 Å². The van der Waals surface area contributed by atoms with Crippen LogP contribution >= 0.6 is 0 Å². The van der Waals surface area contributed by atoms with E-state index in [0.717, 1.165) is 24.9 Å². The van der Waals surface area contributed by atoms with E-state index >= 15 is 0 Å². The molecule has 1 aromatic heterocycles. The molecule has 0 aliphatic carbocycles. The highest BCUT2D eigenvalue weighted by Crippen LogP contribution is 2.32. The third kappa shape index (κ3) is 4.65. The van der Waals surface area contributed by atoms with Gasteiger partial charge in [-0.05, 0) is 25.5 Å². The maximum atomic E-state index is 10.9. The Hall–Kier alpha value is -3.23. The normalized spacial score (nSPS) is 13.3. The lowest BCUT2D eigenvalue weighted by molar-refractivity contribution is -0.403. The minimum absolute atomic E-state index is 0.314. The molecule has 0 amide bonds. The molecule has 0 saturated heterocycles. The second-order valence-electron chi connectivity index (χ2n) is 5.82. The molecule has 2 heterocycles. The van der Waals surface area contributed by atoms with Gasteiger partial charge in [0.05, 0.1) is 11.3 Å². The molecule has 0 atom stereocenters. The number of rotatable bonds is 8. The molecule has 2 aromatic rings. The van der Waals surface area contributed by atoms with Crippen molar-refractivity contribution < 1.29 is 14.4 Å². The van der Waals surface area contributed by atoms with Crippen LogP contribution in [0.3, 0.4) is 0 Å².